The molecule has 1 N–H and O–H groups in total. The van der Waals surface area contributed by atoms with Crippen molar-refractivity contribution in [3.8, 4) is 11.8 Å². The number of phenols is 1. The first-order chi connectivity index (χ1) is 5.74. The van der Waals surface area contributed by atoms with Gasteiger partial charge in [0.25, 0.3) is 0 Å². The van der Waals surface area contributed by atoms with Gasteiger partial charge in [-0.3, -0.25) is 0 Å². The van der Waals surface area contributed by atoms with E-state index in [9.17, 15) is 4.39 Å². The highest BCUT2D eigenvalue weighted by Gasteiger charge is 1.97. The van der Waals surface area contributed by atoms with Gasteiger partial charge in [0.2, 0.25) is 0 Å². The molecule has 0 spiro atoms. The third kappa shape index (κ3) is 1.83. The highest BCUT2D eigenvalue weighted by molar-refractivity contribution is 5.58. The fraction of sp³-hybridized carbons (Fsp3) is 0. The second kappa shape index (κ2) is 3.54. The van der Waals surface area contributed by atoms with E-state index in [1.54, 1.807) is 6.07 Å². The van der Waals surface area contributed by atoms with E-state index < -0.39 is 5.82 Å². The van der Waals surface area contributed by atoms with Gasteiger partial charge in [-0.05, 0) is 24.3 Å². The van der Waals surface area contributed by atoms with Crippen LogP contribution < -0.4 is 0 Å². The van der Waals surface area contributed by atoms with Crippen molar-refractivity contribution in [3.05, 3.63) is 35.7 Å². The van der Waals surface area contributed by atoms with Gasteiger partial charge in [-0.2, -0.15) is 5.26 Å². The Morgan fingerprint density at radius 2 is 2.25 bits per heavy atom. The SMILES string of the molecule is N#CC=Cc1cc(F)ccc1O. The van der Waals surface area contributed by atoms with Crippen LogP contribution in [0.15, 0.2) is 24.3 Å². The van der Waals surface area contributed by atoms with E-state index in [1.807, 2.05) is 0 Å². The molecule has 0 aliphatic carbocycles. The molecule has 0 fully saturated rings. The number of rotatable bonds is 1. The lowest BCUT2D eigenvalue weighted by atomic mass is 10.2. The number of nitrogens with zero attached hydrogens (tertiary/aromatic N) is 1. The van der Waals surface area contributed by atoms with Crippen LogP contribution in [-0.4, -0.2) is 5.11 Å². The van der Waals surface area contributed by atoms with Gasteiger partial charge in [0.05, 0.1) is 6.07 Å². The number of benzene rings is 1. The normalized spacial score (nSPS) is 10.0. The number of hydrogen-bond acceptors (Lipinski definition) is 2. The Bertz CT molecular complexity index is 352. The predicted octanol–water partition coefficient (Wildman–Crippen LogP) is 2.07. The van der Waals surface area contributed by atoms with Crippen LogP contribution in [0.4, 0.5) is 4.39 Å². The van der Waals surface area contributed by atoms with Crippen molar-refractivity contribution >= 4 is 6.08 Å². The number of nitriles is 1. The average molecular weight is 163 g/mol. The summed E-state index contributed by atoms with van der Waals surface area (Å²) in [6, 6.07) is 5.30. The Morgan fingerprint density at radius 1 is 1.50 bits per heavy atom. The molecule has 12 heavy (non-hydrogen) atoms. The molecule has 0 radical (unpaired) electrons. The van der Waals surface area contributed by atoms with Crippen molar-refractivity contribution < 1.29 is 9.50 Å². The average Bonchev–Trinajstić information content (AvgIpc) is 2.07. The molecule has 0 aliphatic heterocycles. The number of allylic oxidation sites excluding steroid dienone is 1. The van der Waals surface area contributed by atoms with E-state index in [1.165, 1.54) is 18.2 Å². The molecule has 3 heteroatoms. The molecule has 0 saturated heterocycles. The van der Waals surface area contributed by atoms with Gasteiger partial charge in [0.15, 0.2) is 0 Å². The summed E-state index contributed by atoms with van der Waals surface area (Å²) < 4.78 is 12.5. The topological polar surface area (TPSA) is 44.0 Å². The smallest absolute Gasteiger partial charge is 0.124 e. The number of halogens is 1. The lowest BCUT2D eigenvalue weighted by Crippen LogP contribution is -1.77. The zero-order chi connectivity index (χ0) is 8.97. The third-order valence-electron chi connectivity index (χ3n) is 1.33. The van der Waals surface area contributed by atoms with Gasteiger partial charge >= 0.3 is 0 Å². The van der Waals surface area contributed by atoms with Crippen molar-refractivity contribution in [1.82, 2.24) is 0 Å². The van der Waals surface area contributed by atoms with Crippen molar-refractivity contribution in [3.63, 3.8) is 0 Å². The Kier molecular flexibility index (Phi) is 2.44. The summed E-state index contributed by atoms with van der Waals surface area (Å²) in [5, 5.41) is 17.3. The number of phenolic OH excluding ortho intramolecular Hbond substituents is 1. The summed E-state index contributed by atoms with van der Waals surface area (Å²) in [7, 11) is 0. The lowest BCUT2D eigenvalue weighted by molar-refractivity contribution is 0.471. The van der Waals surface area contributed by atoms with Crippen LogP contribution in [0.5, 0.6) is 5.75 Å². The largest absolute Gasteiger partial charge is 0.507 e. The van der Waals surface area contributed by atoms with Crippen LogP contribution in [0.25, 0.3) is 6.08 Å². The third-order valence-corrected chi connectivity index (χ3v) is 1.33. The van der Waals surface area contributed by atoms with E-state index in [-0.39, 0.29) is 5.75 Å². The maximum absolute atomic E-state index is 12.5. The van der Waals surface area contributed by atoms with Gasteiger partial charge in [0.1, 0.15) is 11.6 Å². The van der Waals surface area contributed by atoms with Crippen molar-refractivity contribution in [2.75, 3.05) is 0 Å². The molecule has 0 aliphatic rings. The van der Waals surface area contributed by atoms with Gasteiger partial charge < -0.3 is 5.11 Å². The quantitative estimate of drug-likeness (QED) is 0.644. The molecule has 1 aromatic rings. The summed E-state index contributed by atoms with van der Waals surface area (Å²) in [5.74, 6) is -0.478. The molecule has 1 rings (SSSR count). The number of aromatic hydroxyl groups is 1. The fourth-order valence-electron chi connectivity index (χ4n) is 0.786. The minimum Gasteiger partial charge on any atom is -0.507 e. The Hall–Kier alpha value is -1.82. The molecule has 0 aromatic heterocycles. The van der Waals surface area contributed by atoms with Crippen LogP contribution >= 0.6 is 0 Å². The summed E-state index contributed by atoms with van der Waals surface area (Å²) in [4.78, 5) is 0. The van der Waals surface area contributed by atoms with Crippen LogP contribution in [0.2, 0.25) is 0 Å². The molecule has 1 aromatic carbocycles. The molecule has 0 heterocycles. The Balaban J connectivity index is 3.07. The van der Waals surface area contributed by atoms with Crippen LogP contribution in [-0.2, 0) is 0 Å². The minimum absolute atomic E-state index is 0.0390. The number of hydrogen-bond donors (Lipinski definition) is 1. The maximum atomic E-state index is 12.5. The van der Waals surface area contributed by atoms with E-state index in [4.69, 9.17) is 10.4 Å². The molecule has 0 saturated carbocycles. The first kappa shape index (κ1) is 8.28. The fourth-order valence-corrected chi connectivity index (χ4v) is 0.786. The minimum atomic E-state index is -0.439. The molecular weight excluding hydrogens is 157 g/mol. The van der Waals surface area contributed by atoms with Crippen molar-refractivity contribution in [2.45, 2.75) is 0 Å². The molecule has 2 nitrogen and oxygen atoms in total. The zero-order valence-corrected chi connectivity index (χ0v) is 6.16. The lowest BCUT2D eigenvalue weighted by Gasteiger charge is -1.96. The highest BCUT2D eigenvalue weighted by Crippen LogP contribution is 2.18. The summed E-state index contributed by atoms with van der Waals surface area (Å²) in [6.07, 6.45) is 2.52. The first-order valence-corrected chi connectivity index (χ1v) is 3.28. The Morgan fingerprint density at radius 3 is 2.92 bits per heavy atom. The molecule has 60 valence electrons. The van der Waals surface area contributed by atoms with Crippen LogP contribution in [0, 0.1) is 17.1 Å². The van der Waals surface area contributed by atoms with E-state index in [0.29, 0.717) is 5.56 Å². The second-order valence-electron chi connectivity index (χ2n) is 2.17. The maximum Gasteiger partial charge on any atom is 0.124 e. The molecule has 0 amide bonds. The summed E-state index contributed by atoms with van der Waals surface area (Å²) in [6.45, 7) is 0. The van der Waals surface area contributed by atoms with E-state index in [2.05, 4.69) is 0 Å². The van der Waals surface area contributed by atoms with Crippen LogP contribution in [0.3, 0.4) is 0 Å². The van der Waals surface area contributed by atoms with Crippen LogP contribution in [0.1, 0.15) is 5.56 Å². The van der Waals surface area contributed by atoms with Gasteiger partial charge in [-0.15, -0.1) is 0 Å². The molecule has 0 atom stereocenters. The zero-order valence-electron chi connectivity index (χ0n) is 6.16. The molecule has 0 bridgehead atoms. The predicted molar refractivity (Wildman–Crippen MR) is 42.7 cm³/mol. The Labute approximate surface area is 69.2 Å². The van der Waals surface area contributed by atoms with E-state index >= 15 is 0 Å². The first-order valence-electron chi connectivity index (χ1n) is 3.28. The van der Waals surface area contributed by atoms with Gasteiger partial charge in [0, 0.05) is 11.6 Å². The molecule has 0 unspecified atom stereocenters. The monoisotopic (exact) mass is 163 g/mol. The standard InChI is InChI=1S/C9H6FNO/c10-8-3-4-9(12)7(6-8)2-1-5-11/h1-4,6,12H. The van der Waals surface area contributed by atoms with Gasteiger partial charge in [-0.25, -0.2) is 4.39 Å². The van der Waals surface area contributed by atoms with Crippen molar-refractivity contribution in [2.24, 2.45) is 0 Å². The molecular formula is C9H6FNO. The van der Waals surface area contributed by atoms with Gasteiger partial charge in [-0.1, -0.05) is 0 Å². The second-order valence-corrected chi connectivity index (χ2v) is 2.17. The highest BCUT2D eigenvalue weighted by atomic mass is 19.1. The summed E-state index contributed by atoms with van der Waals surface area (Å²) >= 11 is 0. The van der Waals surface area contributed by atoms with E-state index in [0.717, 1.165) is 12.1 Å². The summed E-state index contributed by atoms with van der Waals surface area (Å²) in [5.41, 5.74) is 0.302. The van der Waals surface area contributed by atoms with Crippen molar-refractivity contribution in [1.29, 1.82) is 5.26 Å².